The SMILES string of the molecule is CCCC1CCC(CN)(N2CC(C)CC(C)C2)CC1. The fourth-order valence-electron chi connectivity index (χ4n) is 4.61. The van der Waals surface area contributed by atoms with Crippen LogP contribution in [0.3, 0.4) is 0 Å². The Kier molecular flexibility index (Phi) is 5.30. The molecule has 0 amide bonds. The molecule has 2 rings (SSSR count). The summed E-state index contributed by atoms with van der Waals surface area (Å²) >= 11 is 0. The van der Waals surface area contributed by atoms with Gasteiger partial charge in [0.1, 0.15) is 0 Å². The second kappa shape index (κ2) is 6.58. The maximum absolute atomic E-state index is 6.24. The van der Waals surface area contributed by atoms with E-state index in [1.165, 1.54) is 58.0 Å². The fourth-order valence-corrected chi connectivity index (χ4v) is 4.61. The van der Waals surface area contributed by atoms with Crippen molar-refractivity contribution in [2.75, 3.05) is 19.6 Å². The summed E-state index contributed by atoms with van der Waals surface area (Å²) in [6, 6.07) is 0. The van der Waals surface area contributed by atoms with Gasteiger partial charge in [-0.1, -0.05) is 33.6 Å². The van der Waals surface area contributed by atoms with Crippen molar-refractivity contribution in [3.63, 3.8) is 0 Å². The average molecular weight is 266 g/mol. The summed E-state index contributed by atoms with van der Waals surface area (Å²) in [6.07, 6.45) is 9.66. The normalized spacial score (nSPS) is 41.4. The minimum Gasteiger partial charge on any atom is -0.329 e. The number of hydrogen-bond donors (Lipinski definition) is 1. The van der Waals surface area contributed by atoms with E-state index in [4.69, 9.17) is 5.73 Å². The molecule has 1 saturated carbocycles. The van der Waals surface area contributed by atoms with E-state index < -0.39 is 0 Å². The van der Waals surface area contributed by atoms with Crippen molar-refractivity contribution >= 4 is 0 Å². The standard InChI is InChI=1S/C17H34N2/c1-4-5-16-6-8-17(13-18,9-7-16)19-11-14(2)10-15(3)12-19/h14-16H,4-13,18H2,1-3H3. The number of nitrogens with two attached hydrogens (primary N) is 1. The molecule has 1 saturated heterocycles. The Labute approximate surface area is 120 Å². The first-order valence-electron chi connectivity index (χ1n) is 8.54. The highest BCUT2D eigenvalue weighted by Gasteiger charge is 2.41. The molecule has 2 unspecified atom stereocenters. The second-order valence-electron chi connectivity index (χ2n) is 7.51. The van der Waals surface area contributed by atoms with Gasteiger partial charge in [0.05, 0.1) is 0 Å². The molecule has 1 heterocycles. The number of hydrogen-bond acceptors (Lipinski definition) is 2. The van der Waals surface area contributed by atoms with E-state index in [0.717, 1.165) is 24.3 Å². The Hall–Kier alpha value is -0.0800. The maximum atomic E-state index is 6.24. The molecule has 2 heteroatoms. The van der Waals surface area contributed by atoms with Gasteiger partial charge < -0.3 is 5.73 Å². The molecule has 19 heavy (non-hydrogen) atoms. The van der Waals surface area contributed by atoms with Crippen LogP contribution >= 0.6 is 0 Å². The molecular formula is C17H34N2. The Morgan fingerprint density at radius 1 is 1.11 bits per heavy atom. The summed E-state index contributed by atoms with van der Waals surface area (Å²) in [4.78, 5) is 2.77. The van der Waals surface area contributed by atoms with E-state index in [0.29, 0.717) is 5.54 Å². The summed E-state index contributed by atoms with van der Waals surface area (Å²) in [5.74, 6) is 2.67. The smallest absolute Gasteiger partial charge is 0.0332 e. The van der Waals surface area contributed by atoms with Crippen molar-refractivity contribution in [1.29, 1.82) is 0 Å². The molecule has 0 aromatic heterocycles. The van der Waals surface area contributed by atoms with E-state index in [9.17, 15) is 0 Å². The molecule has 0 aromatic rings. The lowest BCUT2D eigenvalue weighted by Crippen LogP contribution is -2.59. The molecule has 0 spiro atoms. The van der Waals surface area contributed by atoms with Crippen LogP contribution in [0.2, 0.25) is 0 Å². The predicted octanol–water partition coefficient (Wildman–Crippen LogP) is 3.65. The topological polar surface area (TPSA) is 29.3 Å². The van der Waals surface area contributed by atoms with Gasteiger partial charge in [-0.05, 0) is 49.9 Å². The summed E-state index contributed by atoms with van der Waals surface area (Å²) < 4.78 is 0. The third-order valence-corrected chi connectivity index (χ3v) is 5.65. The molecule has 2 atom stereocenters. The van der Waals surface area contributed by atoms with Crippen molar-refractivity contribution < 1.29 is 0 Å². The lowest BCUT2D eigenvalue weighted by Gasteiger charge is -2.51. The molecule has 2 aliphatic rings. The number of rotatable bonds is 4. The maximum Gasteiger partial charge on any atom is 0.0332 e. The summed E-state index contributed by atoms with van der Waals surface area (Å²) in [6.45, 7) is 10.6. The van der Waals surface area contributed by atoms with Gasteiger partial charge in [-0.2, -0.15) is 0 Å². The Morgan fingerprint density at radius 2 is 1.68 bits per heavy atom. The van der Waals surface area contributed by atoms with Gasteiger partial charge in [0, 0.05) is 25.2 Å². The summed E-state index contributed by atoms with van der Waals surface area (Å²) in [5, 5.41) is 0. The van der Waals surface area contributed by atoms with Crippen molar-refractivity contribution in [2.24, 2.45) is 23.5 Å². The summed E-state index contributed by atoms with van der Waals surface area (Å²) in [5.41, 5.74) is 6.58. The molecule has 0 radical (unpaired) electrons. The third-order valence-electron chi connectivity index (χ3n) is 5.65. The average Bonchev–Trinajstić information content (AvgIpc) is 2.39. The Bertz CT molecular complexity index is 258. The highest BCUT2D eigenvalue weighted by atomic mass is 15.2. The van der Waals surface area contributed by atoms with Crippen LogP contribution in [0.15, 0.2) is 0 Å². The van der Waals surface area contributed by atoms with E-state index in [2.05, 4.69) is 25.7 Å². The highest BCUT2D eigenvalue weighted by Crippen LogP contribution is 2.40. The van der Waals surface area contributed by atoms with Crippen LogP contribution in [0, 0.1) is 17.8 Å². The minimum atomic E-state index is 0.340. The van der Waals surface area contributed by atoms with Gasteiger partial charge in [0.15, 0.2) is 0 Å². The zero-order chi connectivity index (χ0) is 13.9. The summed E-state index contributed by atoms with van der Waals surface area (Å²) in [7, 11) is 0. The fraction of sp³-hybridized carbons (Fsp3) is 1.00. The number of likely N-dealkylation sites (tertiary alicyclic amines) is 1. The molecular weight excluding hydrogens is 232 g/mol. The number of nitrogens with zero attached hydrogens (tertiary/aromatic N) is 1. The molecule has 1 aliphatic carbocycles. The Balaban J connectivity index is 1.99. The van der Waals surface area contributed by atoms with Gasteiger partial charge in [-0.15, -0.1) is 0 Å². The lowest BCUT2D eigenvalue weighted by molar-refractivity contribution is -0.00489. The zero-order valence-corrected chi connectivity index (χ0v) is 13.3. The molecule has 0 aromatic carbocycles. The van der Waals surface area contributed by atoms with E-state index >= 15 is 0 Å². The van der Waals surface area contributed by atoms with Gasteiger partial charge in [-0.25, -0.2) is 0 Å². The second-order valence-corrected chi connectivity index (χ2v) is 7.51. The molecule has 1 aliphatic heterocycles. The van der Waals surface area contributed by atoms with Crippen molar-refractivity contribution in [3.05, 3.63) is 0 Å². The number of piperidine rings is 1. The van der Waals surface area contributed by atoms with E-state index in [-0.39, 0.29) is 0 Å². The van der Waals surface area contributed by atoms with Crippen LogP contribution in [0.1, 0.15) is 65.7 Å². The van der Waals surface area contributed by atoms with Crippen molar-refractivity contribution in [3.8, 4) is 0 Å². The molecule has 2 fully saturated rings. The van der Waals surface area contributed by atoms with Crippen LogP contribution in [0.5, 0.6) is 0 Å². The van der Waals surface area contributed by atoms with Gasteiger partial charge in [0.25, 0.3) is 0 Å². The zero-order valence-electron chi connectivity index (χ0n) is 13.3. The monoisotopic (exact) mass is 266 g/mol. The van der Waals surface area contributed by atoms with Crippen molar-refractivity contribution in [1.82, 2.24) is 4.90 Å². The van der Waals surface area contributed by atoms with Crippen LogP contribution in [0.4, 0.5) is 0 Å². The predicted molar refractivity (Wildman–Crippen MR) is 83.2 cm³/mol. The Morgan fingerprint density at radius 3 is 2.16 bits per heavy atom. The van der Waals surface area contributed by atoms with Crippen molar-refractivity contribution in [2.45, 2.75) is 71.3 Å². The van der Waals surface area contributed by atoms with Crippen LogP contribution in [-0.4, -0.2) is 30.1 Å². The van der Waals surface area contributed by atoms with Crippen LogP contribution < -0.4 is 5.73 Å². The lowest BCUT2D eigenvalue weighted by atomic mass is 9.72. The third kappa shape index (κ3) is 3.52. The first kappa shape index (κ1) is 15.3. The minimum absolute atomic E-state index is 0.340. The van der Waals surface area contributed by atoms with Gasteiger partial charge in [0.2, 0.25) is 0 Å². The molecule has 2 nitrogen and oxygen atoms in total. The van der Waals surface area contributed by atoms with E-state index in [1.807, 2.05) is 0 Å². The largest absolute Gasteiger partial charge is 0.329 e. The van der Waals surface area contributed by atoms with Crippen LogP contribution in [0.25, 0.3) is 0 Å². The first-order valence-corrected chi connectivity index (χ1v) is 8.54. The van der Waals surface area contributed by atoms with E-state index in [1.54, 1.807) is 0 Å². The molecule has 2 N–H and O–H groups in total. The first-order chi connectivity index (χ1) is 9.09. The van der Waals surface area contributed by atoms with Gasteiger partial charge >= 0.3 is 0 Å². The quantitative estimate of drug-likeness (QED) is 0.841. The molecule has 112 valence electrons. The van der Waals surface area contributed by atoms with Crippen LogP contribution in [-0.2, 0) is 0 Å². The van der Waals surface area contributed by atoms with Gasteiger partial charge in [-0.3, -0.25) is 4.90 Å². The molecule has 0 bridgehead atoms. The highest BCUT2D eigenvalue weighted by molar-refractivity contribution is 4.98.